The first-order chi connectivity index (χ1) is 16.4. The molecule has 0 bridgehead atoms. The topological polar surface area (TPSA) is 95.6 Å². The minimum Gasteiger partial charge on any atom is -0.345 e. The van der Waals surface area contributed by atoms with Crippen LogP contribution in [-0.2, 0) is 16.1 Å². The molecule has 5 rings (SSSR count). The van der Waals surface area contributed by atoms with E-state index in [4.69, 9.17) is 0 Å². The standard InChI is InChI=1S/C26H26FN3O4/c27-19-8-5-16(6-9-19)23(15-3-1-2-4-15)29-24(32)17-7-10-20-18(13-17)14-30(26(20)34)21-11-12-22(31)28-25(21)33/h5-10,13,15,21,23H,1-4,11-12,14H2,(H,29,32)(H,28,31,33). The Hall–Kier alpha value is -3.55. The summed E-state index contributed by atoms with van der Waals surface area (Å²) >= 11 is 0. The zero-order chi connectivity index (χ0) is 23.8. The van der Waals surface area contributed by atoms with E-state index in [1.54, 1.807) is 30.3 Å². The van der Waals surface area contributed by atoms with E-state index in [0.717, 1.165) is 31.2 Å². The van der Waals surface area contributed by atoms with Crippen LogP contribution in [0, 0.1) is 11.7 Å². The number of nitrogens with zero attached hydrogens (tertiary/aromatic N) is 1. The summed E-state index contributed by atoms with van der Waals surface area (Å²) in [5.74, 6) is -1.35. The molecule has 4 amide bonds. The Morgan fingerprint density at radius 3 is 2.47 bits per heavy atom. The van der Waals surface area contributed by atoms with Crippen LogP contribution < -0.4 is 10.6 Å². The smallest absolute Gasteiger partial charge is 0.255 e. The zero-order valence-electron chi connectivity index (χ0n) is 18.7. The minimum atomic E-state index is -0.694. The third-order valence-electron chi connectivity index (χ3n) is 7.17. The third kappa shape index (κ3) is 4.20. The highest BCUT2D eigenvalue weighted by atomic mass is 19.1. The number of hydrogen-bond donors (Lipinski definition) is 2. The number of halogens is 1. The molecule has 0 radical (unpaired) electrons. The number of imide groups is 1. The first-order valence-electron chi connectivity index (χ1n) is 11.7. The lowest BCUT2D eigenvalue weighted by Crippen LogP contribution is -2.52. The van der Waals surface area contributed by atoms with Crippen LogP contribution in [0.15, 0.2) is 42.5 Å². The van der Waals surface area contributed by atoms with E-state index in [1.165, 1.54) is 17.0 Å². The van der Waals surface area contributed by atoms with Gasteiger partial charge in [-0.25, -0.2) is 4.39 Å². The predicted octanol–water partition coefficient (Wildman–Crippen LogP) is 3.25. The molecule has 0 aromatic heterocycles. The Kier molecular flexibility index (Phi) is 5.89. The Morgan fingerprint density at radius 2 is 1.76 bits per heavy atom. The highest BCUT2D eigenvalue weighted by molar-refractivity contribution is 6.06. The van der Waals surface area contributed by atoms with Gasteiger partial charge in [0.2, 0.25) is 11.8 Å². The molecule has 176 valence electrons. The normalized spacial score (nSPS) is 21.4. The molecule has 2 fully saturated rings. The average molecular weight is 464 g/mol. The second kappa shape index (κ2) is 9.00. The van der Waals surface area contributed by atoms with Gasteiger partial charge in [0.1, 0.15) is 11.9 Å². The maximum atomic E-state index is 13.5. The molecule has 2 N–H and O–H groups in total. The van der Waals surface area contributed by atoms with Gasteiger partial charge in [-0.15, -0.1) is 0 Å². The summed E-state index contributed by atoms with van der Waals surface area (Å²) in [4.78, 5) is 51.3. The first kappa shape index (κ1) is 22.3. The van der Waals surface area contributed by atoms with E-state index >= 15 is 0 Å². The van der Waals surface area contributed by atoms with Crippen LogP contribution >= 0.6 is 0 Å². The number of hydrogen-bond acceptors (Lipinski definition) is 4. The van der Waals surface area contributed by atoms with E-state index in [2.05, 4.69) is 10.6 Å². The van der Waals surface area contributed by atoms with Crippen LogP contribution in [0.4, 0.5) is 4.39 Å². The van der Waals surface area contributed by atoms with Crippen molar-refractivity contribution in [3.63, 3.8) is 0 Å². The molecular weight excluding hydrogens is 437 g/mol. The maximum absolute atomic E-state index is 13.5. The Balaban J connectivity index is 1.34. The molecule has 2 atom stereocenters. The molecule has 3 aliphatic rings. The molecule has 8 heteroatoms. The number of piperidine rings is 1. The van der Waals surface area contributed by atoms with Gasteiger partial charge < -0.3 is 10.2 Å². The summed E-state index contributed by atoms with van der Waals surface area (Å²) in [6.45, 7) is 0.214. The molecule has 1 saturated carbocycles. The fraction of sp³-hybridized carbons (Fsp3) is 0.385. The summed E-state index contributed by atoms with van der Waals surface area (Å²) in [6.07, 6.45) is 4.70. The maximum Gasteiger partial charge on any atom is 0.255 e. The van der Waals surface area contributed by atoms with E-state index in [0.29, 0.717) is 23.1 Å². The number of amides is 4. The summed E-state index contributed by atoms with van der Waals surface area (Å²) < 4.78 is 13.5. The quantitative estimate of drug-likeness (QED) is 0.666. The molecule has 2 aliphatic heterocycles. The Labute approximate surface area is 196 Å². The fourth-order valence-corrected chi connectivity index (χ4v) is 5.37. The van der Waals surface area contributed by atoms with Crippen molar-refractivity contribution in [3.8, 4) is 0 Å². The largest absolute Gasteiger partial charge is 0.345 e. The third-order valence-corrected chi connectivity index (χ3v) is 7.17. The predicted molar refractivity (Wildman–Crippen MR) is 121 cm³/mol. The van der Waals surface area contributed by atoms with Gasteiger partial charge in [-0.2, -0.15) is 0 Å². The van der Waals surface area contributed by atoms with Crippen molar-refractivity contribution in [1.82, 2.24) is 15.5 Å². The van der Waals surface area contributed by atoms with Crippen molar-refractivity contribution in [2.24, 2.45) is 5.92 Å². The number of rotatable bonds is 5. The molecule has 2 heterocycles. The highest BCUT2D eigenvalue weighted by Gasteiger charge is 2.39. The summed E-state index contributed by atoms with van der Waals surface area (Å²) in [6, 6.07) is 10.3. The van der Waals surface area contributed by atoms with Crippen molar-refractivity contribution in [3.05, 3.63) is 70.5 Å². The molecular formula is C26H26FN3O4. The average Bonchev–Trinajstić information content (AvgIpc) is 3.46. The van der Waals surface area contributed by atoms with Crippen molar-refractivity contribution in [2.45, 2.75) is 57.2 Å². The van der Waals surface area contributed by atoms with E-state index < -0.39 is 11.9 Å². The molecule has 2 aromatic carbocycles. The highest BCUT2D eigenvalue weighted by Crippen LogP contribution is 2.36. The van der Waals surface area contributed by atoms with Gasteiger partial charge in [0.05, 0.1) is 6.04 Å². The molecule has 1 aliphatic carbocycles. The lowest BCUT2D eigenvalue weighted by molar-refractivity contribution is -0.136. The minimum absolute atomic E-state index is 0.191. The lowest BCUT2D eigenvalue weighted by Gasteiger charge is -2.29. The number of carbonyl (C=O) groups excluding carboxylic acids is 4. The Morgan fingerprint density at radius 1 is 1.03 bits per heavy atom. The van der Waals surface area contributed by atoms with Crippen LogP contribution in [0.3, 0.4) is 0 Å². The number of nitrogens with one attached hydrogen (secondary N) is 2. The summed E-state index contributed by atoms with van der Waals surface area (Å²) in [5.41, 5.74) is 2.46. The van der Waals surface area contributed by atoms with E-state index in [-0.39, 0.29) is 48.5 Å². The second-order valence-electron chi connectivity index (χ2n) is 9.32. The molecule has 2 aromatic rings. The molecule has 1 saturated heterocycles. The second-order valence-corrected chi connectivity index (χ2v) is 9.32. The Bertz CT molecular complexity index is 1160. The van der Waals surface area contributed by atoms with Crippen LogP contribution in [0.25, 0.3) is 0 Å². The van der Waals surface area contributed by atoms with Crippen molar-refractivity contribution < 1.29 is 23.6 Å². The van der Waals surface area contributed by atoms with Crippen LogP contribution in [0.1, 0.15) is 76.4 Å². The SMILES string of the molecule is O=C1CCC(N2Cc3cc(C(=O)NC(c4ccc(F)cc4)C4CCCC4)ccc3C2=O)C(=O)N1. The van der Waals surface area contributed by atoms with Crippen molar-refractivity contribution >= 4 is 23.6 Å². The van der Waals surface area contributed by atoms with Crippen LogP contribution in [0.2, 0.25) is 0 Å². The molecule has 34 heavy (non-hydrogen) atoms. The van der Waals surface area contributed by atoms with Gasteiger partial charge >= 0.3 is 0 Å². The molecule has 2 unspecified atom stereocenters. The summed E-state index contributed by atoms with van der Waals surface area (Å²) in [7, 11) is 0. The number of fused-ring (bicyclic) bond motifs is 1. The van der Waals surface area contributed by atoms with E-state index in [1.807, 2.05) is 0 Å². The van der Waals surface area contributed by atoms with Crippen molar-refractivity contribution in [1.29, 1.82) is 0 Å². The molecule has 7 nitrogen and oxygen atoms in total. The van der Waals surface area contributed by atoms with Crippen molar-refractivity contribution in [2.75, 3.05) is 0 Å². The lowest BCUT2D eigenvalue weighted by atomic mass is 9.91. The van der Waals surface area contributed by atoms with Gasteiger partial charge in [0, 0.05) is 24.1 Å². The van der Waals surface area contributed by atoms with Crippen LogP contribution in [-0.4, -0.2) is 34.6 Å². The number of benzene rings is 2. The van der Waals surface area contributed by atoms with Gasteiger partial charge in [-0.05, 0) is 66.6 Å². The van der Waals surface area contributed by atoms with Gasteiger partial charge in [-0.1, -0.05) is 25.0 Å². The van der Waals surface area contributed by atoms with Gasteiger partial charge in [0.25, 0.3) is 11.8 Å². The summed E-state index contributed by atoms with van der Waals surface area (Å²) in [5, 5.41) is 5.43. The van der Waals surface area contributed by atoms with E-state index in [9.17, 15) is 23.6 Å². The number of carbonyl (C=O) groups is 4. The monoisotopic (exact) mass is 463 g/mol. The zero-order valence-corrected chi connectivity index (χ0v) is 18.7. The fourth-order valence-electron chi connectivity index (χ4n) is 5.37. The molecule has 0 spiro atoms. The van der Waals surface area contributed by atoms with Gasteiger partial charge in [0.15, 0.2) is 0 Å². The van der Waals surface area contributed by atoms with Crippen LogP contribution in [0.5, 0.6) is 0 Å². The van der Waals surface area contributed by atoms with Gasteiger partial charge in [-0.3, -0.25) is 24.5 Å². The first-order valence-corrected chi connectivity index (χ1v) is 11.7.